The van der Waals surface area contributed by atoms with Crippen molar-refractivity contribution >= 4 is 17.2 Å². The molecule has 1 aliphatic rings. The molecule has 4 heteroatoms. The van der Waals surface area contributed by atoms with E-state index in [-0.39, 0.29) is 17.9 Å². The summed E-state index contributed by atoms with van der Waals surface area (Å²) in [6.45, 7) is 2.71. The Labute approximate surface area is 113 Å². The lowest BCUT2D eigenvalue weighted by Gasteiger charge is -2.20. The van der Waals surface area contributed by atoms with Crippen molar-refractivity contribution in [3.8, 4) is 0 Å². The number of nitrogens with one attached hydrogen (secondary N) is 1. The van der Waals surface area contributed by atoms with Crippen molar-refractivity contribution in [1.82, 2.24) is 5.32 Å². The zero-order valence-corrected chi connectivity index (χ0v) is 11.7. The van der Waals surface area contributed by atoms with Gasteiger partial charge in [0, 0.05) is 23.3 Å². The third kappa shape index (κ3) is 3.33. The van der Waals surface area contributed by atoms with Crippen molar-refractivity contribution in [1.29, 1.82) is 0 Å². The normalized spacial score (nSPS) is 25.0. The summed E-state index contributed by atoms with van der Waals surface area (Å²) < 4.78 is 0. The average molecular weight is 266 g/mol. The van der Waals surface area contributed by atoms with Crippen LogP contribution in [0.1, 0.15) is 31.1 Å². The number of rotatable bonds is 5. The second-order valence-corrected chi connectivity index (χ2v) is 6.26. The molecule has 0 spiro atoms. The second-order valence-electron chi connectivity index (χ2n) is 5.23. The summed E-state index contributed by atoms with van der Waals surface area (Å²) in [5.41, 5.74) is 5.72. The van der Waals surface area contributed by atoms with Gasteiger partial charge in [-0.3, -0.25) is 4.79 Å². The molecular formula is C14H22N2OS. The minimum absolute atomic E-state index is 0.140. The van der Waals surface area contributed by atoms with Crippen molar-refractivity contribution in [2.75, 3.05) is 6.54 Å². The third-order valence-corrected chi connectivity index (χ3v) is 4.67. The first-order valence-corrected chi connectivity index (χ1v) is 7.61. The van der Waals surface area contributed by atoms with E-state index in [4.69, 9.17) is 5.73 Å². The summed E-state index contributed by atoms with van der Waals surface area (Å²) in [5.74, 6) is 0.728. The van der Waals surface area contributed by atoms with Gasteiger partial charge < -0.3 is 11.1 Å². The molecule has 3 N–H and O–H groups in total. The molecule has 0 aliphatic heterocycles. The van der Waals surface area contributed by atoms with Crippen LogP contribution < -0.4 is 11.1 Å². The molecule has 18 heavy (non-hydrogen) atoms. The highest BCUT2D eigenvalue weighted by Crippen LogP contribution is 2.31. The number of carbonyl (C=O) groups is 1. The topological polar surface area (TPSA) is 55.1 Å². The van der Waals surface area contributed by atoms with Gasteiger partial charge in [0.2, 0.25) is 5.91 Å². The number of thiophene rings is 1. The first kappa shape index (κ1) is 13.6. The zero-order chi connectivity index (χ0) is 13.0. The molecule has 0 radical (unpaired) electrons. The Kier molecular flexibility index (Phi) is 4.78. The van der Waals surface area contributed by atoms with Crippen LogP contribution in [0, 0.1) is 11.8 Å². The summed E-state index contributed by atoms with van der Waals surface area (Å²) in [6.07, 6.45) is 4.16. The quantitative estimate of drug-likeness (QED) is 0.858. The molecule has 100 valence electrons. The van der Waals surface area contributed by atoms with E-state index in [9.17, 15) is 4.79 Å². The van der Waals surface area contributed by atoms with E-state index in [1.807, 2.05) is 0 Å². The fourth-order valence-electron chi connectivity index (χ4n) is 2.80. The van der Waals surface area contributed by atoms with E-state index >= 15 is 0 Å². The van der Waals surface area contributed by atoms with Crippen LogP contribution in [-0.4, -0.2) is 18.5 Å². The van der Waals surface area contributed by atoms with Crippen molar-refractivity contribution < 1.29 is 4.79 Å². The molecule has 1 aromatic rings. The molecule has 1 amide bonds. The summed E-state index contributed by atoms with van der Waals surface area (Å²) in [7, 11) is 0. The molecular weight excluding hydrogens is 244 g/mol. The monoisotopic (exact) mass is 266 g/mol. The Balaban J connectivity index is 1.83. The number of carbonyl (C=O) groups excluding carboxylic acids is 1. The molecule has 3 atom stereocenters. The van der Waals surface area contributed by atoms with Gasteiger partial charge in [0.1, 0.15) is 0 Å². The fraction of sp³-hybridized carbons (Fsp3) is 0.643. The fourth-order valence-corrected chi connectivity index (χ4v) is 3.63. The number of nitrogens with two attached hydrogens (primary N) is 1. The Hall–Kier alpha value is -0.870. The highest BCUT2D eigenvalue weighted by molar-refractivity contribution is 7.09. The van der Waals surface area contributed by atoms with Crippen LogP contribution in [0.5, 0.6) is 0 Å². The highest BCUT2D eigenvalue weighted by atomic mass is 32.1. The van der Waals surface area contributed by atoms with Gasteiger partial charge in [-0.25, -0.2) is 0 Å². The summed E-state index contributed by atoms with van der Waals surface area (Å²) in [6, 6.07) is 4.37. The standard InChI is InChI=1S/C14H22N2OS/c1-10(8-12-5-3-7-18-12)16-14(17)13-6-2-4-11(13)9-15/h3,5,7,10-11,13H,2,4,6,8-9,15H2,1H3,(H,16,17)/t10?,11-,13-/m1/s1. The lowest BCUT2D eigenvalue weighted by atomic mass is 9.95. The lowest BCUT2D eigenvalue weighted by molar-refractivity contribution is -0.126. The molecule has 1 unspecified atom stereocenters. The van der Waals surface area contributed by atoms with Gasteiger partial charge in [-0.05, 0) is 43.7 Å². The molecule has 1 fully saturated rings. The van der Waals surface area contributed by atoms with Crippen LogP contribution in [0.4, 0.5) is 0 Å². The van der Waals surface area contributed by atoms with Gasteiger partial charge in [0.25, 0.3) is 0 Å². The van der Waals surface area contributed by atoms with E-state index in [0.717, 1.165) is 25.7 Å². The van der Waals surface area contributed by atoms with Crippen molar-refractivity contribution in [2.24, 2.45) is 17.6 Å². The lowest BCUT2D eigenvalue weighted by Crippen LogP contribution is -2.40. The van der Waals surface area contributed by atoms with Crippen LogP contribution in [0.2, 0.25) is 0 Å². The van der Waals surface area contributed by atoms with E-state index in [1.165, 1.54) is 4.88 Å². The molecule has 0 bridgehead atoms. The van der Waals surface area contributed by atoms with Crippen LogP contribution in [0.25, 0.3) is 0 Å². The first-order valence-electron chi connectivity index (χ1n) is 6.73. The average Bonchev–Trinajstić information content (AvgIpc) is 2.97. The van der Waals surface area contributed by atoms with Crippen LogP contribution in [-0.2, 0) is 11.2 Å². The molecule has 2 rings (SSSR count). The molecule has 3 nitrogen and oxygen atoms in total. The molecule has 1 aliphatic carbocycles. The van der Waals surface area contributed by atoms with Crippen LogP contribution in [0.15, 0.2) is 17.5 Å². The maximum atomic E-state index is 12.2. The van der Waals surface area contributed by atoms with Gasteiger partial charge in [-0.2, -0.15) is 0 Å². The molecule has 1 saturated carbocycles. The van der Waals surface area contributed by atoms with Gasteiger partial charge in [-0.15, -0.1) is 11.3 Å². The third-order valence-electron chi connectivity index (χ3n) is 3.77. The van der Waals surface area contributed by atoms with Crippen LogP contribution in [0.3, 0.4) is 0 Å². The Morgan fingerprint density at radius 1 is 1.61 bits per heavy atom. The molecule has 0 aromatic carbocycles. The summed E-state index contributed by atoms with van der Waals surface area (Å²) in [5, 5.41) is 5.21. The van der Waals surface area contributed by atoms with Crippen molar-refractivity contribution in [3.63, 3.8) is 0 Å². The largest absolute Gasteiger partial charge is 0.353 e. The van der Waals surface area contributed by atoms with E-state index in [2.05, 4.69) is 29.8 Å². The van der Waals surface area contributed by atoms with E-state index < -0.39 is 0 Å². The minimum Gasteiger partial charge on any atom is -0.353 e. The maximum Gasteiger partial charge on any atom is 0.223 e. The van der Waals surface area contributed by atoms with E-state index in [0.29, 0.717) is 12.5 Å². The SMILES string of the molecule is CC(Cc1cccs1)NC(=O)[C@@H]1CCC[C@@H]1CN. The van der Waals surface area contributed by atoms with Gasteiger partial charge in [-0.1, -0.05) is 12.5 Å². The van der Waals surface area contributed by atoms with Gasteiger partial charge in [0.05, 0.1) is 0 Å². The van der Waals surface area contributed by atoms with Crippen molar-refractivity contribution in [3.05, 3.63) is 22.4 Å². The van der Waals surface area contributed by atoms with E-state index in [1.54, 1.807) is 11.3 Å². The van der Waals surface area contributed by atoms with Gasteiger partial charge in [0.15, 0.2) is 0 Å². The maximum absolute atomic E-state index is 12.2. The Morgan fingerprint density at radius 2 is 2.44 bits per heavy atom. The molecule has 1 aromatic heterocycles. The van der Waals surface area contributed by atoms with Gasteiger partial charge >= 0.3 is 0 Å². The summed E-state index contributed by atoms with van der Waals surface area (Å²) in [4.78, 5) is 13.5. The zero-order valence-electron chi connectivity index (χ0n) is 10.9. The molecule has 0 saturated heterocycles. The Bertz CT molecular complexity index is 377. The smallest absolute Gasteiger partial charge is 0.223 e. The predicted molar refractivity (Wildman–Crippen MR) is 75.5 cm³/mol. The number of hydrogen-bond acceptors (Lipinski definition) is 3. The van der Waals surface area contributed by atoms with Crippen LogP contribution >= 0.6 is 11.3 Å². The first-order chi connectivity index (χ1) is 8.70. The molecule has 1 heterocycles. The minimum atomic E-state index is 0.140. The van der Waals surface area contributed by atoms with Crippen molar-refractivity contribution in [2.45, 2.75) is 38.6 Å². The second kappa shape index (κ2) is 6.34. The summed E-state index contributed by atoms with van der Waals surface area (Å²) >= 11 is 1.74. The highest BCUT2D eigenvalue weighted by Gasteiger charge is 2.32. The predicted octanol–water partition coefficient (Wildman–Crippen LogP) is 2.17. The number of hydrogen-bond donors (Lipinski definition) is 2. The Morgan fingerprint density at radius 3 is 3.11 bits per heavy atom. The number of amides is 1.